The second kappa shape index (κ2) is 5.65. The molecule has 0 bridgehead atoms. The molecule has 1 unspecified atom stereocenters. The minimum absolute atomic E-state index is 0.0000227. The summed E-state index contributed by atoms with van der Waals surface area (Å²) in [6, 6.07) is 1.86. The zero-order valence-corrected chi connectivity index (χ0v) is 11.9. The highest BCUT2D eigenvalue weighted by Gasteiger charge is 2.32. The Hall–Kier alpha value is -2.22. The van der Waals surface area contributed by atoms with E-state index in [1.54, 1.807) is 6.20 Å². The van der Waals surface area contributed by atoms with Crippen molar-refractivity contribution in [3.05, 3.63) is 29.4 Å². The standard InChI is InChI=1S/C13H18N6O2/c1-9-5-12(21-16-9)11-3-2-4-19(11)13(20)8-18-7-10(6-14)15-17-18/h5,7,11H,2-4,6,8,14H2,1H3. The van der Waals surface area contributed by atoms with Crippen molar-refractivity contribution in [2.75, 3.05) is 6.54 Å². The maximum Gasteiger partial charge on any atom is 0.244 e. The number of likely N-dealkylation sites (tertiary alicyclic amines) is 1. The first-order valence-electron chi connectivity index (χ1n) is 6.99. The third-order valence-corrected chi connectivity index (χ3v) is 3.64. The van der Waals surface area contributed by atoms with Gasteiger partial charge in [0.25, 0.3) is 0 Å². The van der Waals surface area contributed by atoms with Crippen molar-refractivity contribution in [3.8, 4) is 0 Å². The normalized spacial score (nSPS) is 18.4. The maximum absolute atomic E-state index is 12.4. The van der Waals surface area contributed by atoms with Crippen LogP contribution in [0, 0.1) is 6.92 Å². The van der Waals surface area contributed by atoms with Crippen LogP contribution >= 0.6 is 0 Å². The fourth-order valence-corrected chi connectivity index (χ4v) is 2.64. The average molecular weight is 290 g/mol. The van der Waals surface area contributed by atoms with Gasteiger partial charge in [-0.3, -0.25) is 4.79 Å². The van der Waals surface area contributed by atoms with Gasteiger partial charge >= 0.3 is 0 Å². The lowest BCUT2D eigenvalue weighted by Gasteiger charge is -2.22. The number of hydrogen-bond acceptors (Lipinski definition) is 6. The lowest BCUT2D eigenvalue weighted by Crippen LogP contribution is -2.33. The highest BCUT2D eigenvalue weighted by atomic mass is 16.5. The smallest absolute Gasteiger partial charge is 0.244 e. The topological polar surface area (TPSA) is 103 Å². The van der Waals surface area contributed by atoms with Crippen LogP contribution in [0.2, 0.25) is 0 Å². The molecule has 3 rings (SSSR count). The van der Waals surface area contributed by atoms with Crippen molar-refractivity contribution in [3.63, 3.8) is 0 Å². The molecule has 21 heavy (non-hydrogen) atoms. The molecule has 8 nitrogen and oxygen atoms in total. The van der Waals surface area contributed by atoms with E-state index in [9.17, 15) is 4.79 Å². The van der Waals surface area contributed by atoms with E-state index < -0.39 is 0 Å². The molecule has 1 aliphatic heterocycles. The van der Waals surface area contributed by atoms with Gasteiger partial charge in [0.15, 0.2) is 5.76 Å². The predicted octanol–water partition coefficient (Wildman–Crippen LogP) is 0.397. The molecular weight excluding hydrogens is 272 g/mol. The number of carbonyl (C=O) groups excluding carboxylic acids is 1. The molecular formula is C13H18N6O2. The first kappa shape index (κ1) is 13.7. The second-order valence-corrected chi connectivity index (χ2v) is 5.23. The third kappa shape index (κ3) is 2.80. The van der Waals surface area contributed by atoms with Crippen LogP contribution in [0.1, 0.15) is 36.0 Å². The van der Waals surface area contributed by atoms with E-state index in [1.807, 2.05) is 17.9 Å². The van der Waals surface area contributed by atoms with Crippen LogP contribution in [0.5, 0.6) is 0 Å². The van der Waals surface area contributed by atoms with Gasteiger partial charge in [-0.05, 0) is 19.8 Å². The molecule has 2 N–H and O–H groups in total. The fraction of sp³-hybridized carbons (Fsp3) is 0.538. The van der Waals surface area contributed by atoms with Crippen LogP contribution in [-0.2, 0) is 17.9 Å². The lowest BCUT2D eigenvalue weighted by molar-refractivity contribution is -0.133. The summed E-state index contributed by atoms with van der Waals surface area (Å²) in [6.45, 7) is 3.08. The van der Waals surface area contributed by atoms with Crippen molar-refractivity contribution in [1.82, 2.24) is 25.1 Å². The van der Waals surface area contributed by atoms with E-state index in [0.717, 1.165) is 30.8 Å². The summed E-state index contributed by atoms with van der Waals surface area (Å²) in [5, 5.41) is 11.7. The van der Waals surface area contributed by atoms with Gasteiger partial charge in [-0.2, -0.15) is 0 Å². The van der Waals surface area contributed by atoms with Crippen LogP contribution < -0.4 is 5.73 Å². The Bertz CT molecular complexity index is 634. The predicted molar refractivity (Wildman–Crippen MR) is 72.8 cm³/mol. The number of aromatic nitrogens is 4. The molecule has 0 spiro atoms. The monoisotopic (exact) mass is 290 g/mol. The molecule has 1 atom stereocenters. The third-order valence-electron chi connectivity index (χ3n) is 3.64. The SMILES string of the molecule is Cc1cc(C2CCCN2C(=O)Cn2cc(CN)nn2)on1. The van der Waals surface area contributed by atoms with Crippen molar-refractivity contribution >= 4 is 5.91 Å². The Morgan fingerprint density at radius 2 is 2.43 bits per heavy atom. The molecule has 1 amide bonds. The van der Waals surface area contributed by atoms with Gasteiger partial charge < -0.3 is 15.2 Å². The zero-order valence-electron chi connectivity index (χ0n) is 11.9. The summed E-state index contributed by atoms with van der Waals surface area (Å²) >= 11 is 0. The number of rotatable bonds is 4. The van der Waals surface area contributed by atoms with Crippen LogP contribution in [0.4, 0.5) is 0 Å². The maximum atomic E-state index is 12.4. The van der Waals surface area contributed by atoms with Gasteiger partial charge in [0.2, 0.25) is 5.91 Å². The van der Waals surface area contributed by atoms with Crippen molar-refractivity contribution in [2.45, 2.75) is 38.9 Å². The first-order valence-corrected chi connectivity index (χ1v) is 6.99. The van der Waals surface area contributed by atoms with Crippen LogP contribution in [0.3, 0.4) is 0 Å². The van der Waals surface area contributed by atoms with Crippen LogP contribution in [0.15, 0.2) is 16.8 Å². The molecule has 8 heteroatoms. The molecule has 0 aliphatic carbocycles. The van der Waals surface area contributed by atoms with E-state index in [-0.39, 0.29) is 18.5 Å². The van der Waals surface area contributed by atoms with Crippen molar-refractivity contribution < 1.29 is 9.32 Å². The van der Waals surface area contributed by atoms with Crippen LogP contribution in [0.25, 0.3) is 0 Å². The molecule has 0 radical (unpaired) electrons. The summed E-state index contributed by atoms with van der Waals surface area (Å²) in [5.74, 6) is 0.750. The van der Waals surface area contributed by atoms with Gasteiger partial charge in [-0.15, -0.1) is 5.10 Å². The Morgan fingerprint density at radius 1 is 1.57 bits per heavy atom. The van der Waals surface area contributed by atoms with Crippen LogP contribution in [-0.4, -0.2) is 37.5 Å². The summed E-state index contributed by atoms with van der Waals surface area (Å²) in [5.41, 5.74) is 6.99. The highest BCUT2D eigenvalue weighted by molar-refractivity contribution is 5.76. The van der Waals surface area contributed by atoms with E-state index in [0.29, 0.717) is 12.2 Å². The van der Waals surface area contributed by atoms with E-state index >= 15 is 0 Å². The number of aryl methyl sites for hydroxylation is 1. The quantitative estimate of drug-likeness (QED) is 0.874. The van der Waals surface area contributed by atoms with Gasteiger partial charge in [0, 0.05) is 19.2 Å². The zero-order chi connectivity index (χ0) is 14.8. The number of amides is 1. The molecule has 112 valence electrons. The molecule has 2 aromatic rings. The van der Waals surface area contributed by atoms with Gasteiger partial charge in [-0.25, -0.2) is 4.68 Å². The molecule has 1 saturated heterocycles. The number of nitrogens with zero attached hydrogens (tertiary/aromatic N) is 5. The Kier molecular flexibility index (Phi) is 3.70. The average Bonchev–Trinajstić information content (AvgIpc) is 3.17. The molecule has 0 saturated carbocycles. The van der Waals surface area contributed by atoms with E-state index in [1.165, 1.54) is 4.68 Å². The second-order valence-electron chi connectivity index (χ2n) is 5.23. The summed E-state index contributed by atoms with van der Waals surface area (Å²) in [6.07, 6.45) is 3.55. The Labute approximate surface area is 121 Å². The summed E-state index contributed by atoms with van der Waals surface area (Å²) in [4.78, 5) is 14.3. The minimum atomic E-state index is -0.0313. The highest BCUT2D eigenvalue weighted by Crippen LogP contribution is 2.32. The lowest BCUT2D eigenvalue weighted by atomic mass is 10.1. The van der Waals surface area contributed by atoms with Gasteiger partial charge in [0.05, 0.1) is 23.6 Å². The number of nitrogens with two attached hydrogens (primary N) is 1. The molecule has 1 fully saturated rings. The van der Waals surface area contributed by atoms with E-state index in [2.05, 4.69) is 15.5 Å². The van der Waals surface area contributed by atoms with Gasteiger partial charge in [0.1, 0.15) is 6.54 Å². The Morgan fingerprint density at radius 3 is 3.10 bits per heavy atom. The molecule has 3 heterocycles. The first-order chi connectivity index (χ1) is 10.2. The fourth-order valence-electron chi connectivity index (χ4n) is 2.64. The molecule has 2 aromatic heterocycles. The largest absolute Gasteiger partial charge is 0.359 e. The van der Waals surface area contributed by atoms with Crippen molar-refractivity contribution in [1.29, 1.82) is 0 Å². The minimum Gasteiger partial charge on any atom is -0.359 e. The number of hydrogen-bond donors (Lipinski definition) is 1. The molecule has 0 aromatic carbocycles. The summed E-state index contributed by atoms with van der Waals surface area (Å²) in [7, 11) is 0. The van der Waals surface area contributed by atoms with Gasteiger partial charge in [-0.1, -0.05) is 10.4 Å². The molecule has 1 aliphatic rings. The number of carbonyl (C=O) groups is 1. The summed E-state index contributed by atoms with van der Waals surface area (Å²) < 4.78 is 6.82. The van der Waals surface area contributed by atoms with Crippen molar-refractivity contribution in [2.24, 2.45) is 5.73 Å². The van der Waals surface area contributed by atoms with E-state index in [4.69, 9.17) is 10.3 Å². The Balaban J connectivity index is 1.71.